The minimum Gasteiger partial charge on any atom is -0.382 e. The third kappa shape index (κ3) is 2.84. The summed E-state index contributed by atoms with van der Waals surface area (Å²) < 4.78 is 9.29. The van der Waals surface area contributed by atoms with Gasteiger partial charge in [-0.05, 0) is 25.4 Å². The second-order valence-electron chi connectivity index (χ2n) is 3.14. The average molecular weight is 240 g/mol. The smallest absolute Gasteiger partial charge is 0.157 e. The summed E-state index contributed by atoms with van der Waals surface area (Å²) >= 11 is 1.26. The summed E-state index contributed by atoms with van der Waals surface area (Å²) in [5, 5.41) is 9.82. The first-order chi connectivity index (χ1) is 7.74. The quantitative estimate of drug-likeness (QED) is 0.762. The molecule has 1 aromatic rings. The van der Waals surface area contributed by atoms with Gasteiger partial charge in [-0.15, -0.1) is 0 Å². The molecule has 88 valence electrons. The van der Waals surface area contributed by atoms with Gasteiger partial charge in [-0.3, -0.25) is 0 Å². The molecule has 0 saturated carbocycles. The fourth-order valence-electron chi connectivity index (χ4n) is 1.34. The first-order valence-electron chi connectivity index (χ1n) is 5.22. The van der Waals surface area contributed by atoms with Crippen molar-refractivity contribution in [3.8, 4) is 6.07 Å². The molecule has 0 unspecified atom stereocenters. The first-order valence-corrected chi connectivity index (χ1v) is 5.99. The fraction of sp³-hybridized carbons (Fsp3) is 0.600. The molecule has 0 spiro atoms. The van der Waals surface area contributed by atoms with Crippen molar-refractivity contribution in [3.63, 3.8) is 0 Å². The van der Waals surface area contributed by atoms with Crippen molar-refractivity contribution in [2.75, 3.05) is 36.9 Å². The van der Waals surface area contributed by atoms with E-state index in [-0.39, 0.29) is 0 Å². The number of hydrogen-bond donors (Lipinski definition) is 1. The van der Waals surface area contributed by atoms with Gasteiger partial charge in [-0.25, -0.2) is 0 Å². The minimum absolute atomic E-state index is 0.317. The highest BCUT2D eigenvalue weighted by Crippen LogP contribution is 2.29. The van der Waals surface area contributed by atoms with Crippen LogP contribution in [0, 0.1) is 11.3 Å². The molecule has 0 atom stereocenters. The molecule has 0 aromatic carbocycles. The molecule has 0 aliphatic carbocycles. The molecule has 2 N–H and O–H groups in total. The molecule has 1 aromatic heterocycles. The van der Waals surface area contributed by atoms with Crippen LogP contribution in [-0.2, 0) is 4.74 Å². The Morgan fingerprint density at radius 3 is 2.88 bits per heavy atom. The lowest BCUT2D eigenvalue weighted by molar-refractivity contribution is 0.154. The van der Waals surface area contributed by atoms with Crippen molar-refractivity contribution in [2.24, 2.45) is 0 Å². The van der Waals surface area contributed by atoms with E-state index in [0.717, 1.165) is 18.1 Å². The maximum Gasteiger partial charge on any atom is 0.157 e. The molecule has 6 heteroatoms. The van der Waals surface area contributed by atoms with Crippen molar-refractivity contribution in [1.82, 2.24) is 4.37 Å². The zero-order chi connectivity index (χ0) is 12.0. The van der Waals surface area contributed by atoms with Crippen LogP contribution in [0.25, 0.3) is 0 Å². The van der Waals surface area contributed by atoms with Crippen molar-refractivity contribution in [1.29, 1.82) is 5.26 Å². The molecule has 16 heavy (non-hydrogen) atoms. The van der Waals surface area contributed by atoms with E-state index in [9.17, 15) is 0 Å². The lowest BCUT2D eigenvalue weighted by Gasteiger charge is -2.20. The van der Waals surface area contributed by atoms with Crippen LogP contribution >= 0.6 is 11.5 Å². The van der Waals surface area contributed by atoms with E-state index < -0.39 is 0 Å². The van der Waals surface area contributed by atoms with E-state index in [4.69, 9.17) is 15.7 Å². The third-order valence-corrected chi connectivity index (χ3v) is 3.11. The molecule has 1 rings (SSSR count). The molecule has 0 aliphatic rings. The summed E-state index contributed by atoms with van der Waals surface area (Å²) in [6, 6.07) is 2.09. The molecule has 0 saturated heterocycles. The number of nitrogen functional groups attached to an aromatic ring is 1. The number of likely N-dealkylation sites (N-methyl/N-ethyl adjacent to an activating group) is 1. The number of nitriles is 1. The number of nitrogens with zero attached hydrogens (tertiary/aromatic N) is 3. The summed E-state index contributed by atoms with van der Waals surface area (Å²) in [4.78, 5) is 2.06. The van der Waals surface area contributed by atoms with Gasteiger partial charge in [0.15, 0.2) is 5.82 Å². The first kappa shape index (κ1) is 12.7. The van der Waals surface area contributed by atoms with Gasteiger partial charge in [0.25, 0.3) is 0 Å². The van der Waals surface area contributed by atoms with Crippen LogP contribution in [0.2, 0.25) is 0 Å². The predicted molar refractivity (Wildman–Crippen MR) is 65.6 cm³/mol. The molecule has 0 bridgehead atoms. The van der Waals surface area contributed by atoms with E-state index in [2.05, 4.69) is 15.3 Å². The Morgan fingerprint density at radius 1 is 1.56 bits per heavy atom. The van der Waals surface area contributed by atoms with E-state index in [1.54, 1.807) is 0 Å². The van der Waals surface area contributed by atoms with Crippen molar-refractivity contribution >= 4 is 22.4 Å². The Bertz CT molecular complexity index is 371. The summed E-state index contributed by atoms with van der Waals surface area (Å²) in [5.41, 5.74) is 6.09. The van der Waals surface area contributed by atoms with Gasteiger partial charge < -0.3 is 15.4 Å². The largest absolute Gasteiger partial charge is 0.382 e. The summed E-state index contributed by atoms with van der Waals surface area (Å²) in [6.45, 7) is 6.90. The summed E-state index contributed by atoms with van der Waals surface area (Å²) in [7, 11) is 0. The maximum atomic E-state index is 8.98. The van der Waals surface area contributed by atoms with Crippen LogP contribution in [0.15, 0.2) is 0 Å². The Labute approximate surface area is 99.6 Å². The summed E-state index contributed by atoms with van der Waals surface area (Å²) in [6.07, 6.45) is 0. The second kappa shape index (κ2) is 6.30. The van der Waals surface area contributed by atoms with Gasteiger partial charge in [0.05, 0.1) is 6.61 Å². The fourth-order valence-corrected chi connectivity index (χ4v) is 2.19. The molecule has 0 radical (unpaired) electrons. The van der Waals surface area contributed by atoms with Crippen LogP contribution in [0.5, 0.6) is 0 Å². The number of aromatic nitrogens is 1. The highest BCUT2D eigenvalue weighted by atomic mass is 32.1. The topological polar surface area (TPSA) is 75.2 Å². The number of nitrogens with two attached hydrogens (primary N) is 1. The van der Waals surface area contributed by atoms with E-state index in [0.29, 0.717) is 24.6 Å². The molecular formula is C10H16N4OS. The van der Waals surface area contributed by atoms with Crippen LogP contribution in [0.3, 0.4) is 0 Å². The number of anilines is 2. The minimum atomic E-state index is 0.317. The zero-order valence-corrected chi connectivity index (χ0v) is 10.4. The van der Waals surface area contributed by atoms with E-state index in [1.807, 2.05) is 13.8 Å². The number of rotatable bonds is 6. The molecule has 1 heterocycles. The predicted octanol–water partition coefficient (Wildman–Crippen LogP) is 1.46. The Hall–Kier alpha value is -1.32. The van der Waals surface area contributed by atoms with E-state index in [1.165, 1.54) is 11.5 Å². The zero-order valence-electron chi connectivity index (χ0n) is 9.56. The van der Waals surface area contributed by atoms with Gasteiger partial charge in [0, 0.05) is 19.7 Å². The van der Waals surface area contributed by atoms with E-state index >= 15 is 0 Å². The average Bonchev–Trinajstić information content (AvgIpc) is 2.66. The molecule has 0 fully saturated rings. The van der Waals surface area contributed by atoms with Gasteiger partial charge in [-0.1, -0.05) is 0 Å². The third-order valence-electron chi connectivity index (χ3n) is 2.19. The molecular weight excluding hydrogens is 224 g/mol. The van der Waals surface area contributed by atoms with Crippen LogP contribution in [0.4, 0.5) is 10.8 Å². The molecule has 5 nitrogen and oxygen atoms in total. The SMILES string of the molecule is CCOCCN(CC)c1snc(N)c1C#N. The molecule has 0 aliphatic heterocycles. The number of hydrogen-bond acceptors (Lipinski definition) is 6. The monoisotopic (exact) mass is 240 g/mol. The molecule has 0 amide bonds. The van der Waals surface area contributed by atoms with Crippen molar-refractivity contribution in [2.45, 2.75) is 13.8 Å². The summed E-state index contributed by atoms with van der Waals surface area (Å²) in [5.74, 6) is 0.317. The van der Waals surface area contributed by atoms with Gasteiger partial charge in [0.1, 0.15) is 16.6 Å². The Balaban J connectivity index is 2.75. The van der Waals surface area contributed by atoms with Crippen LogP contribution in [0.1, 0.15) is 19.4 Å². The van der Waals surface area contributed by atoms with Gasteiger partial charge >= 0.3 is 0 Å². The standard InChI is InChI=1S/C10H16N4OS/c1-3-14(5-6-15-4-2)10-8(7-11)9(12)13-16-10/h3-6H2,1-2H3,(H2,12,13). The van der Waals surface area contributed by atoms with Gasteiger partial charge in [-0.2, -0.15) is 9.64 Å². The van der Waals surface area contributed by atoms with Crippen molar-refractivity contribution in [3.05, 3.63) is 5.56 Å². The van der Waals surface area contributed by atoms with Crippen LogP contribution in [-0.4, -0.2) is 30.7 Å². The maximum absolute atomic E-state index is 8.98. The number of ether oxygens (including phenoxy) is 1. The Morgan fingerprint density at radius 2 is 2.31 bits per heavy atom. The van der Waals surface area contributed by atoms with Gasteiger partial charge in [0.2, 0.25) is 0 Å². The normalized spacial score (nSPS) is 10.1. The van der Waals surface area contributed by atoms with Crippen molar-refractivity contribution < 1.29 is 4.74 Å². The second-order valence-corrected chi connectivity index (χ2v) is 3.89. The highest BCUT2D eigenvalue weighted by molar-refractivity contribution is 7.10. The van der Waals surface area contributed by atoms with Crippen LogP contribution < -0.4 is 10.6 Å². The lowest BCUT2D eigenvalue weighted by atomic mass is 10.3. The lowest BCUT2D eigenvalue weighted by Crippen LogP contribution is -2.27. The Kier molecular flexibility index (Phi) is 5.02. The highest BCUT2D eigenvalue weighted by Gasteiger charge is 2.16.